The Hall–Kier alpha value is -1.59. The standard InChI is InChI=1S/C16H21ClN4O/c1-11(2)15-19-16(22-20-15)18-7-9-21-8-6-13-12(10-21)4-3-5-14(13)17/h3-5,11H,6-10H2,1-2H3,(H,18,19,20). The maximum Gasteiger partial charge on any atom is 0.321 e. The van der Waals surface area contributed by atoms with Crippen molar-refractivity contribution >= 4 is 17.6 Å². The first kappa shape index (κ1) is 15.3. The molecule has 0 saturated carbocycles. The van der Waals surface area contributed by atoms with Gasteiger partial charge in [-0.25, -0.2) is 0 Å². The van der Waals surface area contributed by atoms with Crippen LogP contribution in [0.4, 0.5) is 6.01 Å². The normalized spacial score (nSPS) is 15.1. The molecule has 1 aliphatic heterocycles. The molecule has 0 unspecified atom stereocenters. The maximum absolute atomic E-state index is 6.24. The lowest BCUT2D eigenvalue weighted by atomic mass is 10.00. The molecule has 1 N–H and O–H groups in total. The number of hydrogen-bond donors (Lipinski definition) is 1. The fourth-order valence-corrected chi connectivity index (χ4v) is 2.96. The molecule has 6 heteroatoms. The van der Waals surface area contributed by atoms with Crippen molar-refractivity contribution in [1.82, 2.24) is 15.0 Å². The first-order valence-corrected chi connectivity index (χ1v) is 8.07. The Labute approximate surface area is 135 Å². The highest BCUT2D eigenvalue weighted by Crippen LogP contribution is 2.25. The quantitative estimate of drug-likeness (QED) is 0.916. The third-order valence-electron chi connectivity index (χ3n) is 3.95. The summed E-state index contributed by atoms with van der Waals surface area (Å²) in [5.41, 5.74) is 2.63. The van der Waals surface area contributed by atoms with E-state index >= 15 is 0 Å². The molecule has 0 amide bonds. The smallest absolute Gasteiger partial charge is 0.321 e. The van der Waals surface area contributed by atoms with Crippen LogP contribution in [0.25, 0.3) is 0 Å². The van der Waals surface area contributed by atoms with Gasteiger partial charge in [0, 0.05) is 37.1 Å². The summed E-state index contributed by atoms with van der Waals surface area (Å²) in [6.45, 7) is 7.79. The Morgan fingerprint density at radius 1 is 1.41 bits per heavy atom. The van der Waals surface area contributed by atoms with Crippen LogP contribution in [-0.4, -0.2) is 34.7 Å². The zero-order valence-corrected chi connectivity index (χ0v) is 13.7. The van der Waals surface area contributed by atoms with Crippen LogP contribution in [-0.2, 0) is 13.0 Å². The number of anilines is 1. The zero-order valence-electron chi connectivity index (χ0n) is 13.0. The van der Waals surface area contributed by atoms with Crippen molar-refractivity contribution in [2.75, 3.05) is 25.0 Å². The summed E-state index contributed by atoms with van der Waals surface area (Å²) in [5.74, 6) is 1.02. The first-order valence-electron chi connectivity index (χ1n) is 7.69. The molecule has 2 heterocycles. The molecule has 22 heavy (non-hydrogen) atoms. The summed E-state index contributed by atoms with van der Waals surface area (Å²) in [7, 11) is 0. The van der Waals surface area contributed by atoms with E-state index in [1.807, 2.05) is 26.0 Å². The van der Waals surface area contributed by atoms with E-state index in [1.165, 1.54) is 11.1 Å². The van der Waals surface area contributed by atoms with Crippen molar-refractivity contribution in [1.29, 1.82) is 0 Å². The van der Waals surface area contributed by atoms with Gasteiger partial charge in [0.25, 0.3) is 0 Å². The Bertz CT molecular complexity index is 641. The second-order valence-electron chi connectivity index (χ2n) is 5.94. The van der Waals surface area contributed by atoms with Crippen LogP contribution in [0, 0.1) is 0 Å². The van der Waals surface area contributed by atoms with E-state index in [2.05, 4.69) is 26.4 Å². The van der Waals surface area contributed by atoms with Gasteiger partial charge in [0.1, 0.15) is 0 Å². The summed E-state index contributed by atoms with van der Waals surface area (Å²) < 4.78 is 5.18. The van der Waals surface area contributed by atoms with E-state index in [0.29, 0.717) is 6.01 Å². The molecule has 0 saturated heterocycles. The second-order valence-corrected chi connectivity index (χ2v) is 6.35. The molecular formula is C16H21ClN4O. The molecule has 1 aromatic carbocycles. The number of nitrogens with zero attached hydrogens (tertiary/aromatic N) is 3. The van der Waals surface area contributed by atoms with Gasteiger partial charge < -0.3 is 9.84 Å². The summed E-state index contributed by atoms with van der Waals surface area (Å²) in [5, 5.41) is 8.03. The highest BCUT2D eigenvalue weighted by atomic mass is 35.5. The van der Waals surface area contributed by atoms with Crippen LogP contribution >= 0.6 is 11.6 Å². The predicted molar refractivity (Wildman–Crippen MR) is 87.3 cm³/mol. The number of nitrogens with one attached hydrogen (secondary N) is 1. The lowest BCUT2D eigenvalue weighted by Crippen LogP contribution is -2.34. The Morgan fingerprint density at radius 3 is 3.05 bits per heavy atom. The van der Waals surface area contributed by atoms with Gasteiger partial charge in [0.2, 0.25) is 0 Å². The van der Waals surface area contributed by atoms with Gasteiger partial charge >= 0.3 is 6.01 Å². The van der Waals surface area contributed by atoms with Crippen LogP contribution in [0.15, 0.2) is 22.7 Å². The molecule has 0 radical (unpaired) electrons. The van der Waals surface area contributed by atoms with E-state index in [-0.39, 0.29) is 5.92 Å². The average molecular weight is 321 g/mol. The molecule has 0 spiro atoms. The SMILES string of the molecule is CC(C)c1noc(NCCN2CCc3c(Cl)cccc3C2)n1. The molecule has 0 bridgehead atoms. The van der Waals surface area contributed by atoms with Gasteiger partial charge in [-0.3, -0.25) is 4.90 Å². The van der Waals surface area contributed by atoms with E-state index in [1.54, 1.807) is 0 Å². The largest absolute Gasteiger partial charge is 0.336 e. The van der Waals surface area contributed by atoms with Crippen LogP contribution in [0.1, 0.15) is 36.7 Å². The summed E-state index contributed by atoms with van der Waals surface area (Å²) in [4.78, 5) is 6.72. The molecule has 0 atom stereocenters. The van der Waals surface area contributed by atoms with Crippen molar-refractivity contribution in [3.8, 4) is 0 Å². The van der Waals surface area contributed by atoms with Crippen molar-refractivity contribution in [3.05, 3.63) is 40.2 Å². The molecule has 2 aromatic rings. The molecule has 1 aliphatic rings. The molecule has 118 valence electrons. The van der Waals surface area contributed by atoms with Crippen molar-refractivity contribution < 1.29 is 4.52 Å². The number of benzene rings is 1. The average Bonchev–Trinajstić information content (AvgIpc) is 2.97. The van der Waals surface area contributed by atoms with E-state index in [4.69, 9.17) is 16.1 Å². The number of aromatic nitrogens is 2. The Morgan fingerprint density at radius 2 is 2.27 bits per heavy atom. The molecule has 0 aliphatic carbocycles. The highest BCUT2D eigenvalue weighted by molar-refractivity contribution is 6.31. The van der Waals surface area contributed by atoms with Gasteiger partial charge in [-0.1, -0.05) is 42.7 Å². The highest BCUT2D eigenvalue weighted by Gasteiger charge is 2.18. The number of hydrogen-bond acceptors (Lipinski definition) is 5. The van der Waals surface area contributed by atoms with Gasteiger partial charge in [0.05, 0.1) is 0 Å². The third-order valence-corrected chi connectivity index (χ3v) is 4.30. The fraction of sp³-hybridized carbons (Fsp3) is 0.500. The van der Waals surface area contributed by atoms with E-state index in [0.717, 1.165) is 43.4 Å². The third kappa shape index (κ3) is 3.42. The fourth-order valence-electron chi connectivity index (χ4n) is 2.67. The lowest BCUT2D eigenvalue weighted by molar-refractivity contribution is 0.263. The van der Waals surface area contributed by atoms with E-state index < -0.39 is 0 Å². The minimum atomic E-state index is 0.280. The van der Waals surface area contributed by atoms with Crippen LogP contribution < -0.4 is 5.32 Å². The first-order chi connectivity index (χ1) is 10.6. The lowest BCUT2D eigenvalue weighted by Gasteiger charge is -2.29. The summed E-state index contributed by atoms with van der Waals surface area (Å²) >= 11 is 6.24. The van der Waals surface area contributed by atoms with Gasteiger partial charge in [0.15, 0.2) is 5.82 Å². The molecular weight excluding hydrogens is 300 g/mol. The van der Waals surface area contributed by atoms with E-state index in [9.17, 15) is 0 Å². The van der Waals surface area contributed by atoms with Gasteiger partial charge in [-0.2, -0.15) is 4.98 Å². The van der Waals surface area contributed by atoms with Gasteiger partial charge in [-0.15, -0.1) is 0 Å². The Kier molecular flexibility index (Phi) is 4.64. The minimum Gasteiger partial charge on any atom is -0.336 e. The van der Waals surface area contributed by atoms with Crippen molar-refractivity contribution in [2.24, 2.45) is 0 Å². The Balaban J connectivity index is 1.50. The maximum atomic E-state index is 6.24. The van der Waals surface area contributed by atoms with Crippen LogP contribution in [0.3, 0.4) is 0 Å². The molecule has 3 rings (SSSR count). The number of halogens is 1. The number of rotatable bonds is 5. The predicted octanol–water partition coefficient (Wildman–Crippen LogP) is 3.32. The monoisotopic (exact) mass is 320 g/mol. The van der Waals surface area contributed by atoms with Gasteiger partial charge in [-0.05, 0) is 23.6 Å². The summed E-state index contributed by atoms with van der Waals surface area (Å²) in [6.07, 6.45) is 1.01. The minimum absolute atomic E-state index is 0.280. The molecule has 0 fully saturated rings. The van der Waals surface area contributed by atoms with Crippen molar-refractivity contribution in [3.63, 3.8) is 0 Å². The number of fused-ring (bicyclic) bond motifs is 1. The summed E-state index contributed by atoms with van der Waals surface area (Å²) in [6, 6.07) is 6.66. The molecule has 1 aromatic heterocycles. The zero-order chi connectivity index (χ0) is 15.5. The van der Waals surface area contributed by atoms with Crippen LogP contribution in [0.5, 0.6) is 0 Å². The van der Waals surface area contributed by atoms with Crippen LogP contribution in [0.2, 0.25) is 5.02 Å². The second kappa shape index (κ2) is 6.67. The van der Waals surface area contributed by atoms with Crippen molar-refractivity contribution in [2.45, 2.75) is 32.7 Å². The topological polar surface area (TPSA) is 54.2 Å². The molecule has 5 nitrogen and oxygen atoms in total.